The van der Waals surface area contributed by atoms with Crippen molar-refractivity contribution in [2.24, 2.45) is 0 Å². The smallest absolute Gasteiger partial charge is 0.191 e. The van der Waals surface area contributed by atoms with Crippen LogP contribution in [0.15, 0.2) is 35.2 Å². The summed E-state index contributed by atoms with van der Waals surface area (Å²) in [6.07, 6.45) is 3.55. The first-order valence-corrected chi connectivity index (χ1v) is 7.80. The highest BCUT2D eigenvalue weighted by molar-refractivity contribution is 7.93. The molecule has 2 rings (SSSR count). The van der Waals surface area contributed by atoms with Crippen LogP contribution in [0.3, 0.4) is 0 Å². The molecule has 0 unspecified atom stereocenters. The third kappa shape index (κ3) is 1.99. The fraction of sp³-hybridized carbons (Fsp3) is 0.500. The largest absolute Gasteiger partial charge is 0.298 e. The first-order valence-electron chi connectivity index (χ1n) is 6.31. The van der Waals surface area contributed by atoms with E-state index < -0.39 is 14.6 Å². The van der Waals surface area contributed by atoms with E-state index >= 15 is 0 Å². The van der Waals surface area contributed by atoms with Crippen LogP contribution in [0.5, 0.6) is 0 Å². The van der Waals surface area contributed by atoms with Crippen LogP contribution in [0, 0.1) is 0 Å². The molecule has 0 aromatic heterocycles. The average molecular weight is 266 g/mol. The van der Waals surface area contributed by atoms with Crippen LogP contribution in [0.2, 0.25) is 0 Å². The molecule has 0 aliphatic heterocycles. The Kier molecular flexibility index (Phi) is 3.57. The van der Waals surface area contributed by atoms with Gasteiger partial charge >= 0.3 is 0 Å². The predicted octanol–water partition coefficient (Wildman–Crippen LogP) is 2.75. The molecule has 3 nitrogen and oxygen atoms in total. The van der Waals surface area contributed by atoms with Crippen molar-refractivity contribution in [3.8, 4) is 0 Å². The number of carbonyl (C=O) groups excluding carboxylic acids is 1. The lowest BCUT2D eigenvalue weighted by molar-refractivity contribution is -0.120. The van der Waals surface area contributed by atoms with Crippen molar-refractivity contribution in [2.75, 3.05) is 0 Å². The first-order chi connectivity index (χ1) is 8.51. The van der Waals surface area contributed by atoms with E-state index in [-0.39, 0.29) is 10.7 Å². The number of rotatable bonds is 3. The summed E-state index contributed by atoms with van der Waals surface area (Å²) in [5.41, 5.74) is 0. The summed E-state index contributed by atoms with van der Waals surface area (Å²) in [4.78, 5) is 12.2. The van der Waals surface area contributed by atoms with Gasteiger partial charge in [0.25, 0.3) is 0 Å². The highest BCUT2D eigenvalue weighted by Crippen LogP contribution is 2.39. The van der Waals surface area contributed by atoms with Crippen LogP contribution in [-0.2, 0) is 14.6 Å². The van der Waals surface area contributed by atoms with E-state index in [0.717, 1.165) is 19.3 Å². The summed E-state index contributed by atoms with van der Waals surface area (Å²) in [7, 11) is -3.57. The minimum Gasteiger partial charge on any atom is -0.298 e. The van der Waals surface area contributed by atoms with Crippen molar-refractivity contribution in [3.63, 3.8) is 0 Å². The van der Waals surface area contributed by atoms with E-state index in [1.807, 2.05) is 0 Å². The van der Waals surface area contributed by atoms with Gasteiger partial charge in [-0.25, -0.2) is 8.42 Å². The summed E-state index contributed by atoms with van der Waals surface area (Å²) in [5.74, 6) is -0.217. The van der Waals surface area contributed by atoms with Gasteiger partial charge in [0.15, 0.2) is 15.6 Å². The van der Waals surface area contributed by atoms with Crippen LogP contribution >= 0.6 is 0 Å². The summed E-state index contributed by atoms with van der Waals surface area (Å²) in [6.45, 7) is 1.41. The second-order valence-electron chi connectivity index (χ2n) is 4.93. The highest BCUT2D eigenvalue weighted by atomic mass is 32.2. The Balaban J connectivity index is 2.52. The summed E-state index contributed by atoms with van der Waals surface area (Å²) >= 11 is 0. The highest BCUT2D eigenvalue weighted by Gasteiger charge is 2.49. The van der Waals surface area contributed by atoms with Gasteiger partial charge in [-0.1, -0.05) is 37.5 Å². The third-order valence-electron chi connectivity index (χ3n) is 3.87. The molecule has 0 bridgehead atoms. The van der Waals surface area contributed by atoms with Crippen molar-refractivity contribution in [3.05, 3.63) is 30.3 Å². The van der Waals surface area contributed by atoms with Crippen LogP contribution in [0.4, 0.5) is 0 Å². The Labute approximate surface area is 108 Å². The molecule has 0 atom stereocenters. The quantitative estimate of drug-likeness (QED) is 0.845. The van der Waals surface area contributed by atoms with Gasteiger partial charge in [-0.2, -0.15) is 0 Å². The van der Waals surface area contributed by atoms with Gasteiger partial charge < -0.3 is 0 Å². The monoisotopic (exact) mass is 266 g/mol. The zero-order valence-corrected chi connectivity index (χ0v) is 11.4. The molecule has 1 aliphatic rings. The van der Waals surface area contributed by atoms with E-state index in [1.54, 1.807) is 30.3 Å². The normalized spacial score (nSPS) is 19.4. The van der Waals surface area contributed by atoms with Crippen molar-refractivity contribution in [1.82, 2.24) is 0 Å². The Bertz CT molecular complexity index is 525. The fourth-order valence-corrected chi connectivity index (χ4v) is 4.93. The average Bonchev–Trinajstić information content (AvgIpc) is 2.40. The van der Waals surface area contributed by atoms with Crippen LogP contribution in [0.1, 0.15) is 39.0 Å². The van der Waals surface area contributed by atoms with Crippen molar-refractivity contribution in [1.29, 1.82) is 0 Å². The minimum atomic E-state index is -3.57. The molecule has 1 fully saturated rings. The molecule has 18 heavy (non-hydrogen) atoms. The van der Waals surface area contributed by atoms with E-state index in [0.29, 0.717) is 12.8 Å². The molecule has 98 valence electrons. The van der Waals surface area contributed by atoms with E-state index in [2.05, 4.69) is 0 Å². The number of hydrogen-bond donors (Lipinski definition) is 0. The first kappa shape index (κ1) is 13.3. The van der Waals surface area contributed by atoms with Crippen molar-refractivity contribution in [2.45, 2.75) is 48.7 Å². The molecule has 0 amide bonds. The van der Waals surface area contributed by atoms with Gasteiger partial charge in [0.2, 0.25) is 0 Å². The molecule has 0 heterocycles. The Morgan fingerprint density at radius 3 is 2.11 bits per heavy atom. The second-order valence-corrected chi connectivity index (χ2v) is 7.19. The third-order valence-corrected chi connectivity index (χ3v) is 6.49. The van der Waals surface area contributed by atoms with Crippen molar-refractivity contribution >= 4 is 15.6 Å². The number of Topliss-reactive ketones (excluding diaryl/α,β-unsaturated/α-hetero) is 1. The van der Waals surface area contributed by atoms with E-state index in [4.69, 9.17) is 0 Å². The van der Waals surface area contributed by atoms with Crippen LogP contribution in [0.25, 0.3) is 0 Å². The van der Waals surface area contributed by atoms with Crippen molar-refractivity contribution < 1.29 is 13.2 Å². The number of sulfone groups is 1. The lowest BCUT2D eigenvalue weighted by atomic mass is 9.86. The molecule has 1 aliphatic carbocycles. The number of benzene rings is 1. The summed E-state index contributed by atoms with van der Waals surface area (Å²) in [5, 5.41) is 0. The van der Waals surface area contributed by atoms with Gasteiger partial charge in [-0.15, -0.1) is 0 Å². The maximum Gasteiger partial charge on any atom is 0.191 e. The van der Waals surface area contributed by atoms with E-state index in [1.165, 1.54) is 6.92 Å². The molecule has 1 aromatic rings. The van der Waals surface area contributed by atoms with Gasteiger partial charge in [0.1, 0.15) is 4.75 Å². The van der Waals surface area contributed by atoms with Gasteiger partial charge in [-0.05, 0) is 31.9 Å². The van der Waals surface area contributed by atoms with Gasteiger partial charge in [0.05, 0.1) is 4.90 Å². The topological polar surface area (TPSA) is 51.2 Å². The standard InChI is InChI=1S/C14H18O3S/c1-12(15)14(10-6-3-7-11-14)18(16,17)13-8-4-2-5-9-13/h2,4-5,8-9H,3,6-7,10-11H2,1H3. The molecule has 0 spiro atoms. The van der Waals surface area contributed by atoms with Crippen LogP contribution in [-0.4, -0.2) is 18.9 Å². The molecule has 4 heteroatoms. The molecule has 0 radical (unpaired) electrons. The Morgan fingerprint density at radius 2 is 1.61 bits per heavy atom. The summed E-state index contributed by atoms with van der Waals surface area (Å²) < 4.78 is 24.3. The molecule has 1 aromatic carbocycles. The van der Waals surface area contributed by atoms with E-state index in [9.17, 15) is 13.2 Å². The van der Waals surface area contributed by atoms with Gasteiger partial charge in [0, 0.05) is 0 Å². The Hall–Kier alpha value is -1.16. The molecule has 0 saturated heterocycles. The number of ketones is 1. The zero-order chi connectivity index (χ0) is 13.2. The minimum absolute atomic E-state index is 0.217. The fourth-order valence-electron chi connectivity index (χ4n) is 2.76. The lowest BCUT2D eigenvalue weighted by Gasteiger charge is -2.34. The lowest BCUT2D eigenvalue weighted by Crippen LogP contribution is -2.46. The van der Waals surface area contributed by atoms with Gasteiger partial charge in [-0.3, -0.25) is 4.79 Å². The SMILES string of the molecule is CC(=O)C1(S(=O)(=O)c2ccccc2)CCCCC1. The molecular formula is C14H18O3S. The maximum absolute atomic E-state index is 12.7. The second kappa shape index (κ2) is 4.84. The predicted molar refractivity (Wildman–Crippen MR) is 70.1 cm³/mol. The summed E-state index contributed by atoms with van der Waals surface area (Å²) in [6, 6.07) is 8.33. The molecular weight excluding hydrogens is 248 g/mol. The molecule has 1 saturated carbocycles. The Morgan fingerprint density at radius 1 is 1.06 bits per heavy atom. The number of carbonyl (C=O) groups is 1. The maximum atomic E-state index is 12.7. The molecule has 0 N–H and O–H groups in total. The van der Waals surface area contributed by atoms with Crippen LogP contribution < -0.4 is 0 Å². The zero-order valence-electron chi connectivity index (χ0n) is 10.6. The number of hydrogen-bond acceptors (Lipinski definition) is 3.